The van der Waals surface area contributed by atoms with Gasteiger partial charge < -0.3 is 4.74 Å². The monoisotopic (exact) mass is 378 g/mol. The van der Waals surface area contributed by atoms with Gasteiger partial charge in [0.1, 0.15) is 23.2 Å². The second-order valence-corrected chi connectivity index (χ2v) is 5.78. The summed E-state index contributed by atoms with van der Waals surface area (Å²) in [4.78, 5) is 0. The van der Waals surface area contributed by atoms with E-state index in [9.17, 15) is 13.2 Å². The summed E-state index contributed by atoms with van der Waals surface area (Å²) >= 11 is 9.54. The Morgan fingerprint density at radius 3 is 2.19 bits per heavy atom. The molecule has 0 saturated heterocycles. The van der Waals surface area contributed by atoms with Crippen LogP contribution in [0.15, 0.2) is 28.7 Å². The molecule has 0 radical (unpaired) electrons. The SMILES string of the molecule is COc1cc(C)c(Br)cc1C(Cl)c1c(F)cc(F)cc1F. The highest BCUT2D eigenvalue weighted by Gasteiger charge is 2.24. The maximum Gasteiger partial charge on any atom is 0.134 e. The molecule has 0 amide bonds. The lowest BCUT2D eigenvalue weighted by molar-refractivity contribution is 0.409. The number of hydrogen-bond acceptors (Lipinski definition) is 1. The lowest BCUT2D eigenvalue weighted by atomic mass is 10.0. The van der Waals surface area contributed by atoms with E-state index in [1.165, 1.54) is 7.11 Å². The Morgan fingerprint density at radius 2 is 1.67 bits per heavy atom. The normalized spacial score (nSPS) is 12.3. The van der Waals surface area contributed by atoms with Gasteiger partial charge in [-0.05, 0) is 24.6 Å². The van der Waals surface area contributed by atoms with E-state index < -0.39 is 28.4 Å². The minimum Gasteiger partial charge on any atom is -0.496 e. The second-order valence-electron chi connectivity index (χ2n) is 4.49. The van der Waals surface area contributed by atoms with Crippen molar-refractivity contribution >= 4 is 27.5 Å². The van der Waals surface area contributed by atoms with E-state index in [0.29, 0.717) is 23.4 Å². The van der Waals surface area contributed by atoms with E-state index in [0.717, 1.165) is 10.0 Å². The largest absolute Gasteiger partial charge is 0.496 e. The molecule has 1 nitrogen and oxygen atoms in total. The Balaban J connectivity index is 2.60. The number of alkyl halides is 1. The van der Waals surface area contributed by atoms with Gasteiger partial charge in [0.2, 0.25) is 0 Å². The van der Waals surface area contributed by atoms with Crippen LogP contribution in [0.25, 0.3) is 0 Å². The summed E-state index contributed by atoms with van der Waals surface area (Å²) < 4.78 is 46.6. The summed E-state index contributed by atoms with van der Waals surface area (Å²) in [5.74, 6) is -2.66. The van der Waals surface area contributed by atoms with E-state index >= 15 is 0 Å². The van der Waals surface area contributed by atoms with Crippen LogP contribution in [0.1, 0.15) is 22.1 Å². The molecule has 0 aliphatic rings. The highest BCUT2D eigenvalue weighted by molar-refractivity contribution is 9.10. The molecule has 0 bridgehead atoms. The first-order chi connectivity index (χ1) is 9.85. The Morgan fingerprint density at radius 1 is 1.10 bits per heavy atom. The summed E-state index contributed by atoms with van der Waals surface area (Å²) in [6, 6.07) is 4.54. The fraction of sp³-hybridized carbons (Fsp3) is 0.200. The standard InChI is InChI=1S/C15H11BrClF3O/c1-7-3-13(21-2)9(6-10(7)16)15(17)14-11(19)4-8(18)5-12(14)20/h3-6,15H,1-2H3. The van der Waals surface area contributed by atoms with Gasteiger partial charge in [0, 0.05) is 27.7 Å². The van der Waals surface area contributed by atoms with Crippen molar-refractivity contribution < 1.29 is 17.9 Å². The van der Waals surface area contributed by atoms with E-state index in [4.69, 9.17) is 16.3 Å². The van der Waals surface area contributed by atoms with Crippen LogP contribution in [0.2, 0.25) is 0 Å². The molecule has 0 saturated carbocycles. The van der Waals surface area contributed by atoms with Gasteiger partial charge >= 0.3 is 0 Å². The predicted octanol–water partition coefficient (Wildman–Crippen LogP) is 5.51. The fourth-order valence-electron chi connectivity index (χ4n) is 2.00. The zero-order valence-electron chi connectivity index (χ0n) is 11.2. The van der Waals surface area contributed by atoms with Crippen LogP contribution < -0.4 is 4.74 Å². The van der Waals surface area contributed by atoms with Crippen LogP contribution in [-0.2, 0) is 0 Å². The Bertz CT molecular complexity index is 668. The van der Waals surface area contributed by atoms with E-state index in [-0.39, 0.29) is 0 Å². The van der Waals surface area contributed by atoms with Crippen LogP contribution in [0, 0.1) is 24.4 Å². The number of rotatable bonds is 3. The summed E-state index contributed by atoms with van der Waals surface area (Å²) in [6.45, 7) is 1.85. The zero-order valence-corrected chi connectivity index (χ0v) is 13.5. The smallest absolute Gasteiger partial charge is 0.134 e. The molecule has 0 N–H and O–H groups in total. The maximum atomic E-state index is 13.8. The molecule has 0 spiro atoms. The summed E-state index contributed by atoms with van der Waals surface area (Å²) in [6.07, 6.45) is 0. The van der Waals surface area contributed by atoms with Gasteiger partial charge in [-0.1, -0.05) is 15.9 Å². The highest BCUT2D eigenvalue weighted by atomic mass is 79.9. The third-order valence-electron chi connectivity index (χ3n) is 3.08. The van der Waals surface area contributed by atoms with Gasteiger partial charge in [0.25, 0.3) is 0 Å². The van der Waals surface area contributed by atoms with Crippen molar-refractivity contribution in [2.75, 3.05) is 7.11 Å². The van der Waals surface area contributed by atoms with Gasteiger partial charge in [0.15, 0.2) is 0 Å². The number of halogens is 5. The molecule has 112 valence electrons. The maximum absolute atomic E-state index is 13.8. The Kier molecular flexibility index (Phi) is 4.84. The van der Waals surface area contributed by atoms with Crippen molar-refractivity contribution in [3.05, 3.63) is 62.9 Å². The van der Waals surface area contributed by atoms with Gasteiger partial charge in [-0.25, -0.2) is 13.2 Å². The van der Waals surface area contributed by atoms with Gasteiger partial charge in [-0.3, -0.25) is 0 Å². The molecule has 0 aromatic heterocycles. The molecule has 0 aliphatic carbocycles. The first kappa shape index (κ1) is 16.2. The lowest BCUT2D eigenvalue weighted by Crippen LogP contribution is -2.04. The van der Waals surface area contributed by atoms with Crippen LogP contribution in [-0.4, -0.2) is 7.11 Å². The van der Waals surface area contributed by atoms with Crippen molar-refractivity contribution in [2.45, 2.75) is 12.3 Å². The molecular formula is C15H11BrClF3O. The van der Waals surface area contributed by atoms with Crippen LogP contribution in [0.3, 0.4) is 0 Å². The molecule has 0 heterocycles. The van der Waals surface area contributed by atoms with Crippen molar-refractivity contribution in [1.29, 1.82) is 0 Å². The molecule has 21 heavy (non-hydrogen) atoms. The van der Waals surface area contributed by atoms with Crippen molar-refractivity contribution in [2.24, 2.45) is 0 Å². The second kappa shape index (κ2) is 6.28. The van der Waals surface area contributed by atoms with Gasteiger partial charge in [-0.15, -0.1) is 11.6 Å². The van der Waals surface area contributed by atoms with Gasteiger partial charge in [0.05, 0.1) is 12.5 Å². The van der Waals surface area contributed by atoms with E-state index in [1.807, 2.05) is 6.92 Å². The molecule has 0 aliphatic heterocycles. The van der Waals surface area contributed by atoms with Gasteiger partial charge in [-0.2, -0.15) is 0 Å². The number of methoxy groups -OCH3 is 1. The molecule has 1 atom stereocenters. The molecule has 0 fully saturated rings. The minimum absolute atomic E-state index is 0.390. The minimum atomic E-state index is -1.14. The molecular weight excluding hydrogens is 369 g/mol. The third kappa shape index (κ3) is 3.19. The Labute approximate surface area is 133 Å². The lowest BCUT2D eigenvalue weighted by Gasteiger charge is -2.17. The zero-order chi connectivity index (χ0) is 15.7. The van der Waals surface area contributed by atoms with Crippen LogP contribution >= 0.6 is 27.5 Å². The third-order valence-corrected chi connectivity index (χ3v) is 4.39. The molecule has 2 aromatic rings. The average molecular weight is 380 g/mol. The van der Waals surface area contributed by atoms with E-state index in [1.54, 1.807) is 12.1 Å². The highest BCUT2D eigenvalue weighted by Crippen LogP contribution is 2.40. The van der Waals surface area contributed by atoms with Crippen molar-refractivity contribution in [3.63, 3.8) is 0 Å². The first-order valence-electron chi connectivity index (χ1n) is 5.97. The quantitative estimate of drug-likeness (QED) is 0.639. The van der Waals surface area contributed by atoms with Crippen LogP contribution in [0.4, 0.5) is 13.2 Å². The van der Waals surface area contributed by atoms with Crippen molar-refractivity contribution in [1.82, 2.24) is 0 Å². The number of aryl methyl sites for hydroxylation is 1. The summed E-state index contributed by atoms with van der Waals surface area (Å²) in [5, 5.41) is -1.14. The number of ether oxygens (including phenoxy) is 1. The summed E-state index contributed by atoms with van der Waals surface area (Å²) in [7, 11) is 1.44. The molecule has 2 rings (SSSR count). The van der Waals surface area contributed by atoms with E-state index in [2.05, 4.69) is 15.9 Å². The number of benzene rings is 2. The van der Waals surface area contributed by atoms with Crippen molar-refractivity contribution in [3.8, 4) is 5.75 Å². The predicted molar refractivity (Wildman–Crippen MR) is 79.4 cm³/mol. The molecule has 2 aromatic carbocycles. The first-order valence-corrected chi connectivity index (χ1v) is 7.20. The topological polar surface area (TPSA) is 9.23 Å². The molecule has 6 heteroatoms. The van der Waals surface area contributed by atoms with Crippen LogP contribution in [0.5, 0.6) is 5.75 Å². The fourth-order valence-corrected chi connectivity index (χ4v) is 2.74. The molecule has 1 unspecified atom stereocenters. The summed E-state index contributed by atoms with van der Waals surface area (Å²) in [5.41, 5.74) is 0.868. The average Bonchev–Trinajstić information content (AvgIpc) is 2.39. The Hall–Kier alpha value is -1.20. The number of hydrogen-bond donors (Lipinski definition) is 0.